The van der Waals surface area contributed by atoms with Crippen molar-refractivity contribution in [2.24, 2.45) is 0 Å². The van der Waals surface area contributed by atoms with Crippen LogP contribution in [0, 0.1) is 0 Å². The number of Topliss-reactive ketones (excluding diaryl/α,β-unsaturated/α-hetero) is 1. The van der Waals surface area contributed by atoms with Crippen molar-refractivity contribution in [3.63, 3.8) is 0 Å². The van der Waals surface area contributed by atoms with Gasteiger partial charge in [0.25, 0.3) is 0 Å². The molecular weight excluding hydrogens is 426 g/mol. The molecule has 0 spiro atoms. The number of aromatic carboxylic acids is 1. The Morgan fingerprint density at radius 2 is 1.73 bits per heavy atom. The number of ketones is 1. The summed E-state index contributed by atoms with van der Waals surface area (Å²) in [5.74, 6) is -0.770. The summed E-state index contributed by atoms with van der Waals surface area (Å²) in [7, 11) is -3.72. The molecule has 0 aliphatic carbocycles. The molecule has 0 saturated heterocycles. The molecule has 0 aliphatic rings. The van der Waals surface area contributed by atoms with Crippen LogP contribution in [0.3, 0.4) is 0 Å². The van der Waals surface area contributed by atoms with Crippen LogP contribution in [0.15, 0.2) is 76.8 Å². The number of ether oxygens (including phenoxy) is 1. The molecule has 1 aromatic heterocycles. The van der Waals surface area contributed by atoms with Gasteiger partial charge in [-0.2, -0.15) is 0 Å². The number of carboxylic acids is 1. The first-order chi connectivity index (χ1) is 14.2. The summed E-state index contributed by atoms with van der Waals surface area (Å²) in [5, 5.41) is 9.84. The van der Waals surface area contributed by atoms with Gasteiger partial charge in [0.2, 0.25) is 0 Å². The molecule has 2 aromatic carbocycles. The van der Waals surface area contributed by atoms with Crippen LogP contribution >= 0.6 is 11.8 Å². The molecule has 0 amide bonds. The van der Waals surface area contributed by atoms with E-state index in [9.17, 15) is 18.0 Å². The average Bonchev–Trinajstić information content (AvgIpc) is 2.72. The van der Waals surface area contributed by atoms with Gasteiger partial charge < -0.3 is 9.84 Å². The zero-order chi connectivity index (χ0) is 21.7. The van der Waals surface area contributed by atoms with Crippen molar-refractivity contribution in [2.75, 3.05) is 12.0 Å². The number of benzene rings is 2. The normalized spacial score (nSPS) is 11.1. The number of rotatable bonds is 8. The Bertz CT molecular complexity index is 1180. The monoisotopic (exact) mass is 443 g/mol. The molecule has 1 heterocycles. The van der Waals surface area contributed by atoms with E-state index in [1.165, 1.54) is 23.9 Å². The lowest BCUT2D eigenvalue weighted by molar-refractivity contribution is 0.0696. The fraction of sp³-hybridized carbons (Fsp3) is 0.0952. The zero-order valence-corrected chi connectivity index (χ0v) is 17.4. The quantitative estimate of drug-likeness (QED) is 0.412. The summed E-state index contributed by atoms with van der Waals surface area (Å²) >= 11 is 1.33. The number of pyridine rings is 1. The average molecular weight is 444 g/mol. The molecule has 0 aliphatic heterocycles. The highest BCUT2D eigenvalue weighted by molar-refractivity contribution is 7.99. The van der Waals surface area contributed by atoms with Gasteiger partial charge >= 0.3 is 5.97 Å². The standard InChI is InChI=1S/C21H17NO6S2/c1-30(26,27)19-12-15(21(24)25)7-10-18(19)28-16-8-5-14(6-9-16)17(23)13-29-20-4-2-3-11-22-20/h2-12H,13H2,1H3,(H,24,25). The predicted octanol–water partition coefficient (Wildman–Crippen LogP) is 3.95. The van der Waals surface area contributed by atoms with Crippen molar-refractivity contribution in [3.05, 3.63) is 78.0 Å². The third kappa shape index (κ3) is 5.46. The highest BCUT2D eigenvalue weighted by Gasteiger charge is 2.18. The second-order valence-corrected chi connectivity index (χ2v) is 9.22. The van der Waals surface area contributed by atoms with E-state index in [2.05, 4.69) is 4.98 Å². The van der Waals surface area contributed by atoms with E-state index >= 15 is 0 Å². The topological polar surface area (TPSA) is 111 Å². The third-order valence-electron chi connectivity index (χ3n) is 3.98. The number of carbonyl (C=O) groups is 2. The van der Waals surface area contributed by atoms with E-state index < -0.39 is 15.8 Å². The molecule has 3 rings (SSSR count). The van der Waals surface area contributed by atoms with Crippen LogP contribution in [-0.4, -0.2) is 42.3 Å². The van der Waals surface area contributed by atoms with Gasteiger partial charge in [-0.15, -0.1) is 0 Å². The Balaban J connectivity index is 1.74. The van der Waals surface area contributed by atoms with Crippen molar-refractivity contribution in [3.8, 4) is 11.5 Å². The van der Waals surface area contributed by atoms with Gasteiger partial charge in [-0.25, -0.2) is 18.2 Å². The van der Waals surface area contributed by atoms with Crippen molar-refractivity contribution in [2.45, 2.75) is 9.92 Å². The number of aromatic nitrogens is 1. The summed E-state index contributed by atoms with van der Waals surface area (Å²) < 4.78 is 29.7. The van der Waals surface area contributed by atoms with E-state index in [0.29, 0.717) is 11.3 Å². The maximum atomic E-state index is 12.4. The second kappa shape index (κ2) is 9.10. The Morgan fingerprint density at radius 1 is 1.03 bits per heavy atom. The van der Waals surface area contributed by atoms with Gasteiger partial charge in [0, 0.05) is 18.0 Å². The van der Waals surface area contributed by atoms with Gasteiger partial charge in [0.05, 0.1) is 16.3 Å². The van der Waals surface area contributed by atoms with Crippen LogP contribution in [0.2, 0.25) is 0 Å². The maximum absolute atomic E-state index is 12.4. The highest BCUT2D eigenvalue weighted by Crippen LogP contribution is 2.30. The van der Waals surface area contributed by atoms with Gasteiger partial charge in [-0.05, 0) is 54.6 Å². The first-order valence-electron chi connectivity index (χ1n) is 8.66. The number of hydrogen-bond donors (Lipinski definition) is 1. The smallest absolute Gasteiger partial charge is 0.335 e. The number of carboxylic acid groups (broad SMARTS) is 1. The van der Waals surface area contributed by atoms with Gasteiger partial charge in [-0.3, -0.25) is 4.79 Å². The van der Waals surface area contributed by atoms with E-state index in [0.717, 1.165) is 17.3 Å². The lowest BCUT2D eigenvalue weighted by Gasteiger charge is -2.11. The number of sulfone groups is 1. The van der Waals surface area contributed by atoms with Gasteiger partial charge in [-0.1, -0.05) is 17.8 Å². The van der Waals surface area contributed by atoms with E-state index in [1.54, 1.807) is 36.5 Å². The first-order valence-corrected chi connectivity index (χ1v) is 11.5. The minimum Gasteiger partial charge on any atom is -0.478 e. The summed E-state index contributed by atoms with van der Waals surface area (Å²) in [6.45, 7) is 0. The molecule has 154 valence electrons. The summed E-state index contributed by atoms with van der Waals surface area (Å²) in [5.41, 5.74) is 0.324. The Hall–Kier alpha value is -3.17. The fourth-order valence-electron chi connectivity index (χ4n) is 2.51. The maximum Gasteiger partial charge on any atom is 0.335 e. The third-order valence-corrected chi connectivity index (χ3v) is 6.04. The number of nitrogens with zero attached hydrogens (tertiary/aromatic N) is 1. The predicted molar refractivity (Wildman–Crippen MR) is 112 cm³/mol. The minimum atomic E-state index is -3.72. The number of hydrogen-bond acceptors (Lipinski definition) is 7. The summed E-state index contributed by atoms with van der Waals surface area (Å²) in [6, 6.07) is 15.4. The van der Waals surface area contributed by atoms with Gasteiger partial charge in [0.15, 0.2) is 15.6 Å². The molecule has 0 saturated carbocycles. The molecule has 0 atom stereocenters. The molecule has 9 heteroatoms. The van der Waals surface area contributed by atoms with Crippen LogP contribution in [-0.2, 0) is 9.84 Å². The molecule has 7 nitrogen and oxygen atoms in total. The summed E-state index contributed by atoms with van der Waals surface area (Å²) in [6.07, 6.45) is 2.63. The molecule has 30 heavy (non-hydrogen) atoms. The Kier molecular flexibility index (Phi) is 6.53. The van der Waals surface area contributed by atoms with Crippen LogP contribution in [0.25, 0.3) is 0 Å². The number of thioether (sulfide) groups is 1. The zero-order valence-electron chi connectivity index (χ0n) is 15.8. The van der Waals surface area contributed by atoms with Crippen LogP contribution < -0.4 is 4.74 Å². The molecule has 0 unspecified atom stereocenters. The van der Waals surface area contributed by atoms with E-state index in [1.807, 2.05) is 12.1 Å². The molecule has 3 aromatic rings. The second-order valence-electron chi connectivity index (χ2n) is 6.25. The number of carbonyl (C=O) groups excluding carboxylic acids is 1. The lowest BCUT2D eigenvalue weighted by Crippen LogP contribution is -2.05. The van der Waals surface area contributed by atoms with Crippen LogP contribution in [0.1, 0.15) is 20.7 Å². The fourth-order valence-corrected chi connectivity index (χ4v) is 4.08. The minimum absolute atomic E-state index is 0.00674. The lowest BCUT2D eigenvalue weighted by atomic mass is 10.1. The molecule has 0 fully saturated rings. The van der Waals surface area contributed by atoms with Gasteiger partial charge in [0.1, 0.15) is 16.4 Å². The Labute approximate surface area is 177 Å². The van der Waals surface area contributed by atoms with Crippen LogP contribution in [0.4, 0.5) is 0 Å². The van der Waals surface area contributed by atoms with Crippen molar-refractivity contribution in [1.82, 2.24) is 4.98 Å². The van der Waals surface area contributed by atoms with Crippen molar-refractivity contribution < 1.29 is 27.9 Å². The van der Waals surface area contributed by atoms with Crippen LogP contribution in [0.5, 0.6) is 11.5 Å². The Morgan fingerprint density at radius 3 is 2.33 bits per heavy atom. The van der Waals surface area contributed by atoms with E-state index in [4.69, 9.17) is 9.84 Å². The molecule has 0 bridgehead atoms. The molecule has 0 radical (unpaired) electrons. The van der Waals surface area contributed by atoms with E-state index in [-0.39, 0.29) is 27.7 Å². The first kappa shape index (κ1) is 21.5. The molecule has 1 N–H and O–H groups in total. The molecular formula is C21H17NO6S2. The summed E-state index contributed by atoms with van der Waals surface area (Å²) in [4.78, 5) is 27.4. The van der Waals surface area contributed by atoms with Crippen molar-refractivity contribution in [1.29, 1.82) is 0 Å². The largest absolute Gasteiger partial charge is 0.478 e. The van der Waals surface area contributed by atoms with Crippen molar-refractivity contribution >= 4 is 33.4 Å². The SMILES string of the molecule is CS(=O)(=O)c1cc(C(=O)O)ccc1Oc1ccc(C(=O)CSc2ccccn2)cc1. The highest BCUT2D eigenvalue weighted by atomic mass is 32.2.